The zero-order valence-corrected chi connectivity index (χ0v) is 15.2. The van der Waals surface area contributed by atoms with Crippen molar-refractivity contribution < 1.29 is 9.21 Å². The molecular weight excluding hydrogens is 360 g/mol. The Labute approximate surface area is 161 Å². The predicted octanol–water partition coefficient (Wildman–Crippen LogP) is 5.25. The summed E-state index contributed by atoms with van der Waals surface area (Å²) < 4.78 is 5.75. The molecule has 27 heavy (non-hydrogen) atoms. The molecule has 0 aliphatic carbocycles. The van der Waals surface area contributed by atoms with Crippen LogP contribution in [0.2, 0.25) is 5.02 Å². The topological polar surface area (TPSA) is 55.1 Å². The third-order valence-electron chi connectivity index (χ3n) is 4.19. The molecule has 0 unspecified atom stereocenters. The molecule has 0 radical (unpaired) electrons. The zero-order valence-electron chi connectivity index (χ0n) is 14.5. The summed E-state index contributed by atoms with van der Waals surface area (Å²) in [6, 6.07) is 22.8. The molecule has 5 heteroatoms. The van der Waals surface area contributed by atoms with Crippen molar-refractivity contribution in [3.8, 4) is 0 Å². The van der Waals surface area contributed by atoms with E-state index in [-0.39, 0.29) is 5.91 Å². The fourth-order valence-electron chi connectivity index (χ4n) is 2.89. The van der Waals surface area contributed by atoms with Crippen molar-refractivity contribution in [3.63, 3.8) is 0 Å². The number of nitrogens with one attached hydrogen (secondary N) is 1. The van der Waals surface area contributed by atoms with E-state index in [2.05, 4.69) is 10.3 Å². The molecule has 1 heterocycles. The SMILES string of the molecule is O=C(Cc1ccccc1)Nc1ccc(Cc2nc3cc(Cl)ccc3o2)cc1. The van der Waals surface area contributed by atoms with Crippen LogP contribution < -0.4 is 5.32 Å². The molecule has 1 amide bonds. The van der Waals surface area contributed by atoms with Gasteiger partial charge >= 0.3 is 0 Å². The van der Waals surface area contributed by atoms with Gasteiger partial charge in [0.2, 0.25) is 5.91 Å². The molecule has 0 aliphatic rings. The van der Waals surface area contributed by atoms with Crippen molar-refractivity contribution in [3.05, 3.63) is 94.8 Å². The van der Waals surface area contributed by atoms with Gasteiger partial charge in [0, 0.05) is 17.1 Å². The van der Waals surface area contributed by atoms with Gasteiger partial charge in [-0.1, -0.05) is 54.1 Å². The largest absolute Gasteiger partial charge is 0.440 e. The molecular formula is C22H17ClN2O2. The van der Waals surface area contributed by atoms with Gasteiger partial charge in [0.15, 0.2) is 11.5 Å². The van der Waals surface area contributed by atoms with Crippen LogP contribution in [-0.2, 0) is 17.6 Å². The van der Waals surface area contributed by atoms with Gasteiger partial charge in [0.05, 0.1) is 6.42 Å². The maximum Gasteiger partial charge on any atom is 0.228 e. The highest BCUT2D eigenvalue weighted by atomic mass is 35.5. The second-order valence-electron chi connectivity index (χ2n) is 6.30. The molecule has 4 nitrogen and oxygen atoms in total. The highest BCUT2D eigenvalue weighted by Crippen LogP contribution is 2.22. The fraction of sp³-hybridized carbons (Fsp3) is 0.0909. The van der Waals surface area contributed by atoms with Gasteiger partial charge in [-0.05, 0) is 41.5 Å². The summed E-state index contributed by atoms with van der Waals surface area (Å²) in [5.41, 5.74) is 4.28. The molecule has 0 atom stereocenters. The molecule has 0 saturated carbocycles. The number of hydrogen-bond donors (Lipinski definition) is 1. The molecule has 1 N–H and O–H groups in total. The number of nitrogens with zero attached hydrogens (tertiary/aromatic N) is 1. The Morgan fingerprint density at radius 2 is 1.74 bits per heavy atom. The Hall–Kier alpha value is -3.11. The third kappa shape index (κ3) is 4.36. The summed E-state index contributed by atoms with van der Waals surface area (Å²) in [6.45, 7) is 0. The van der Waals surface area contributed by atoms with E-state index in [0.29, 0.717) is 23.8 Å². The number of hydrogen-bond acceptors (Lipinski definition) is 3. The first kappa shape index (κ1) is 17.3. The minimum absolute atomic E-state index is 0.0372. The summed E-state index contributed by atoms with van der Waals surface area (Å²) in [7, 11) is 0. The number of aromatic nitrogens is 1. The number of amides is 1. The van der Waals surface area contributed by atoms with Gasteiger partial charge in [0.25, 0.3) is 0 Å². The summed E-state index contributed by atoms with van der Waals surface area (Å²) in [6.07, 6.45) is 0.929. The number of oxazole rings is 1. The van der Waals surface area contributed by atoms with E-state index in [4.69, 9.17) is 16.0 Å². The molecule has 3 aromatic carbocycles. The number of fused-ring (bicyclic) bond motifs is 1. The molecule has 4 aromatic rings. The lowest BCUT2D eigenvalue weighted by Gasteiger charge is -2.06. The summed E-state index contributed by atoms with van der Waals surface area (Å²) in [4.78, 5) is 16.6. The Balaban J connectivity index is 1.40. The van der Waals surface area contributed by atoms with Gasteiger partial charge in [-0.2, -0.15) is 0 Å². The molecule has 0 aliphatic heterocycles. The maximum absolute atomic E-state index is 12.1. The van der Waals surface area contributed by atoms with Crippen LogP contribution in [0.4, 0.5) is 5.69 Å². The van der Waals surface area contributed by atoms with Crippen LogP contribution >= 0.6 is 11.6 Å². The molecule has 0 saturated heterocycles. The lowest BCUT2D eigenvalue weighted by Crippen LogP contribution is -2.14. The van der Waals surface area contributed by atoms with Crippen molar-refractivity contribution >= 4 is 34.3 Å². The highest BCUT2D eigenvalue weighted by molar-refractivity contribution is 6.31. The van der Waals surface area contributed by atoms with Crippen molar-refractivity contribution in [2.75, 3.05) is 5.32 Å². The first-order chi connectivity index (χ1) is 13.2. The van der Waals surface area contributed by atoms with E-state index in [1.54, 1.807) is 12.1 Å². The Morgan fingerprint density at radius 1 is 0.963 bits per heavy atom. The van der Waals surface area contributed by atoms with Crippen LogP contribution in [0.25, 0.3) is 11.1 Å². The summed E-state index contributed by atoms with van der Waals surface area (Å²) in [5, 5.41) is 3.55. The van der Waals surface area contributed by atoms with Crippen LogP contribution in [0.15, 0.2) is 77.2 Å². The average molecular weight is 377 g/mol. The fourth-order valence-corrected chi connectivity index (χ4v) is 3.06. The molecule has 0 fully saturated rings. The highest BCUT2D eigenvalue weighted by Gasteiger charge is 2.08. The van der Waals surface area contributed by atoms with E-state index < -0.39 is 0 Å². The molecule has 1 aromatic heterocycles. The van der Waals surface area contributed by atoms with E-state index in [0.717, 1.165) is 27.9 Å². The predicted molar refractivity (Wildman–Crippen MR) is 107 cm³/mol. The first-order valence-corrected chi connectivity index (χ1v) is 9.01. The normalized spacial score (nSPS) is 10.9. The number of carbonyl (C=O) groups excluding carboxylic acids is 1. The number of anilines is 1. The molecule has 0 bridgehead atoms. The van der Waals surface area contributed by atoms with Crippen LogP contribution in [-0.4, -0.2) is 10.9 Å². The monoisotopic (exact) mass is 376 g/mol. The third-order valence-corrected chi connectivity index (χ3v) is 4.43. The number of rotatable bonds is 5. The first-order valence-electron chi connectivity index (χ1n) is 8.63. The van der Waals surface area contributed by atoms with E-state index in [1.807, 2.05) is 60.7 Å². The molecule has 4 rings (SSSR count). The lowest BCUT2D eigenvalue weighted by atomic mass is 10.1. The van der Waals surface area contributed by atoms with Crippen LogP contribution in [0.5, 0.6) is 0 Å². The van der Waals surface area contributed by atoms with Gasteiger partial charge in [-0.3, -0.25) is 4.79 Å². The minimum Gasteiger partial charge on any atom is -0.440 e. The second-order valence-corrected chi connectivity index (χ2v) is 6.74. The standard InChI is InChI=1S/C22H17ClN2O2/c23-17-8-11-20-19(14-17)25-22(27-20)13-16-6-9-18(10-7-16)24-21(26)12-15-4-2-1-3-5-15/h1-11,14H,12-13H2,(H,24,26). The van der Waals surface area contributed by atoms with Gasteiger partial charge < -0.3 is 9.73 Å². The smallest absolute Gasteiger partial charge is 0.228 e. The maximum atomic E-state index is 12.1. The zero-order chi connectivity index (χ0) is 18.6. The summed E-state index contributed by atoms with van der Waals surface area (Å²) in [5.74, 6) is 0.595. The average Bonchev–Trinajstić information content (AvgIpc) is 3.05. The number of benzene rings is 3. The lowest BCUT2D eigenvalue weighted by molar-refractivity contribution is -0.115. The van der Waals surface area contributed by atoms with E-state index in [1.165, 1.54) is 0 Å². The van der Waals surface area contributed by atoms with Crippen molar-refractivity contribution in [2.45, 2.75) is 12.8 Å². The van der Waals surface area contributed by atoms with E-state index >= 15 is 0 Å². The molecule has 134 valence electrons. The van der Waals surface area contributed by atoms with Crippen LogP contribution in [0.3, 0.4) is 0 Å². The van der Waals surface area contributed by atoms with Crippen molar-refractivity contribution in [1.29, 1.82) is 0 Å². The van der Waals surface area contributed by atoms with Gasteiger partial charge in [-0.15, -0.1) is 0 Å². The Kier molecular flexibility index (Phi) is 4.90. The minimum atomic E-state index is -0.0372. The quantitative estimate of drug-likeness (QED) is 0.517. The van der Waals surface area contributed by atoms with Crippen LogP contribution in [0, 0.1) is 0 Å². The number of halogens is 1. The van der Waals surface area contributed by atoms with Crippen molar-refractivity contribution in [1.82, 2.24) is 4.98 Å². The summed E-state index contributed by atoms with van der Waals surface area (Å²) >= 11 is 5.98. The van der Waals surface area contributed by atoms with Gasteiger partial charge in [-0.25, -0.2) is 4.98 Å². The Morgan fingerprint density at radius 3 is 2.52 bits per heavy atom. The Bertz CT molecular complexity index is 1070. The second kappa shape index (κ2) is 7.64. The number of carbonyl (C=O) groups is 1. The molecule has 0 spiro atoms. The van der Waals surface area contributed by atoms with Gasteiger partial charge in [0.1, 0.15) is 5.52 Å². The van der Waals surface area contributed by atoms with Crippen LogP contribution in [0.1, 0.15) is 17.0 Å². The van der Waals surface area contributed by atoms with Crippen molar-refractivity contribution in [2.24, 2.45) is 0 Å². The van der Waals surface area contributed by atoms with E-state index in [9.17, 15) is 4.79 Å².